The Morgan fingerprint density at radius 3 is 2.45 bits per heavy atom. The van der Waals surface area contributed by atoms with Crippen molar-refractivity contribution >= 4 is 21.8 Å². The molecule has 2 fully saturated rings. The number of hydrogen-bond donors (Lipinski definition) is 0. The van der Waals surface area contributed by atoms with Crippen LogP contribution in [0.2, 0.25) is 0 Å². The van der Waals surface area contributed by atoms with E-state index < -0.39 is 18.4 Å². The maximum absolute atomic E-state index is 13.4. The van der Waals surface area contributed by atoms with E-state index in [9.17, 15) is 13.6 Å². The summed E-state index contributed by atoms with van der Waals surface area (Å²) in [6, 6.07) is 11.3. The summed E-state index contributed by atoms with van der Waals surface area (Å²) in [4.78, 5) is 22.3. The van der Waals surface area contributed by atoms with Gasteiger partial charge < -0.3 is 9.42 Å². The molecular formula is C22H19BrF2N4O2. The summed E-state index contributed by atoms with van der Waals surface area (Å²) in [7, 11) is 0. The van der Waals surface area contributed by atoms with Crippen LogP contribution < -0.4 is 0 Å². The number of halogens is 3. The average Bonchev–Trinajstić information content (AvgIpc) is 3.35. The summed E-state index contributed by atoms with van der Waals surface area (Å²) < 4.78 is 33.3. The lowest BCUT2D eigenvalue weighted by Gasteiger charge is -2.39. The fraction of sp³-hybridized carbons (Fsp3) is 0.364. The topological polar surface area (TPSA) is 72.1 Å². The molecule has 0 radical (unpaired) electrons. The number of benzene rings is 1. The minimum atomic E-state index is -2.83. The molecule has 6 nitrogen and oxygen atoms in total. The first-order chi connectivity index (χ1) is 14.9. The number of amides is 1. The fourth-order valence-electron chi connectivity index (χ4n) is 4.19. The lowest BCUT2D eigenvalue weighted by Crippen LogP contribution is -2.36. The zero-order valence-electron chi connectivity index (χ0n) is 16.5. The standard InChI is InChI=1S/C22H19BrF2N4O2/c23-16-5-3-15(4-6-16)21(8-1-9-21)20-27-18(31-28-20)14-2-7-17(26-12-14)19(30)29-11-10-22(24,25)13-29/h2-7,12H,1,8-11,13H2. The molecule has 2 aromatic heterocycles. The van der Waals surface area contributed by atoms with Crippen molar-refractivity contribution in [3.05, 3.63) is 64.1 Å². The molecule has 9 heteroatoms. The predicted molar refractivity (Wildman–Crippen MR) is 112 cm³/mol. The monoisotopic (exact) mass is 488 g/mol. The Balaban J connectivity index is 1.36. The quantitative estimate of drug-likeness (QED) is 0.525. The van der Waals surface area contributed by atoms with Gasteiger partial charge in [0.25, 0.3) is 17.7 Å². The van der Waals surface area contributed by atoms with Crippen LogP contribution in [-0.4, -0.2) is 44.9 Å². The molecule has 31 heavy (non-hydrogen) atoms. The Hall–Kier alpha value is -2.68. The lowest BCUT2D eigenvalue weighted by atomic mass is 9.64. The van der Waals surface area contributed by atoms with Crippen molar-refractivity contribution in [2.45, 2.75) is 37.0 Å². The Bertz CT molecular complexity index is 1110. The molecule has 1 amide bonds. The number of carbonyl (C=O) groups excluding carboxylic acids is 1. The van der Waals surface area contributed by atoms with Crippen molar-refractivity contribution in [1.29, 1.82) is 0 Å². The number of carbonyl (C=O) groups is 1. The Labute approximate surface area is 185 Å². The molecule has 1 saturated heterocycles. The highest BCUT2D eigenvalue weighted by molar-refractivity contribution is 9.10. The largest absolute Gasteiger partial charge is 0.334 e. The van der Waals surface area contributed by atoms with Gasteiger partial charge >= 0.3 is 0 Å². The Morgan fingerprint density at radius 1 is 1.10 bits per heavy atom. The van der Waals surface area contributed by atoms with Crippen LogP contribution in [0.15, 0.2) is 51.6 Å². The van der Waals surface area contributed by atoms with Crippen LogP contribution in [0.5, 0.6) is 0 Å². The maximum Gasteiger partial charge on any atom is 0.272 e. The summed E-state index contributed by atoms with van der Waals surface area (Å²) in [5.41, 5.74) is 1.59. The second-order valence-electron chi connectivity index (χ2n) is 8.13. The predicted octanol–water partition coefficient (Wildman–Crippen LogP) is 4.85. The van der Waals surface area contributed by atoms with Crippen molar-refractivity contribution in [2.75, 3.05) is 13.1 Å². The van der Waals surface area contributed by atoms with Crippen LogP contribution in [0.4, 0.5) is 8.78 Å². The molecule has 0 unspecified atom stereocenters. The van der Waals surface area contributed by atoms with Gasteiger partial charge in [0.1, 0.15) is 5.69 Å². The lowest BCUT2D eigenvalue weighted by molar-refractivity contribution is 0.0119. The third-order valence-electron chi connectivity index (χ3n) is 6.14. The van der Waals surface area contributed by atoms with Crippen LogP contribution in [0.1, 0.15) is 47.6 Å². The van der Waals surface area contributed by atoms with Gasteiger partial charge in [0.15, 0.2) is 5.82 Å². The Morgan fingerprint density at radius 2 is 1.87 bits per heavy atom. The third kappa shape index (κ3) is 3.64. The SMILES string of the molecule is O=C(c1ccc(-c2nc(C3(c4ccc(Br)cc4)CCC3)no2)cn1)N1CCC(F)(F)C1. The summed E-state index contributed by atoms with van der Waals surface area (Å²) in [6.07, 6.45) is 4.13. The van der Waals surface area contributed by atoms with Crippen LogP contribution >= 0.6 is 15.9 Å². The van der Waals surface area contributed by atoms with Gasteiger partial charge in [0.05, 0.1) is 17.5 Å². The van der Waals surface area contributed by atoms with E-state index in [2.05, 4.69) is 43.2 Å². The maximum atomic E-state index is 13.4. The van der Waals surface area contributed by atoms with E-state index in [4.69, 9.17) is 4.52 Å². The van der Waals surface area contributed by atoms with E-state index in [1.807, 2.05) is 12.1 Å². The Kier molecular flexibility index (Phi) is 4.88. The number of hydrogen-bond acceptors (Lipinski definition) is 5. The third-order valence-corrected chi connectivity index (χ3v) is 6.67. The minimum absolute atomic E-state index is 0.0282. The summed E-state index contributed by atoms with van der Waals surface area (Å²) in [5, 5.41) is 4.24. The zero-order valence-corrected chi connectivity index (χ0v) is 18.1. The van der Waals surface area contributed by atoms with Crippen LogP contribution in [0.3, 0.4) is 0 Å². The number of nitrogens with zero attached hydrogens (tertiary/aromatic N) is 4. The van der Waals surface area contributed by atoms with Gasteiger partial charge in [-0.2, -0.15) is 4.98 Å². The van der Waals surface area contributed by atoms with E-state index >= 15 is 0 Å². The van der Waals surface area contributed by atoms with Crippen LogP contribution in [0, 0.1) is 0 Å². The zero-order chi connectivity index (χ0) is 21.6. The highest BCUT2D eigenvalue weighted by Gasteiger charge is 2.44. The smallest absolute Gasteiger partial charge is 0.272 e. The van der Waals surface area contributed by atoms with Gasteiger partial charge in [-0.05, 0) is 42.7 Å². The number of alkyl halides is 2. The summed E-state index contributed by atoms with van der Waals surface area (Å²) in [5.74, 6) is -2.38. The molecule has 1 aliphatic carbocycles. The van der Waals surface area contributed by atoms with E-state index in [0.29, 0.717) is 17.3 Å². The van der Waals surface area contributed by atoms with Crippen LogP contribution in [0.25, 0.3) is 11.5 Å². The molecule has 5 rings (SSSR count). The molecule has 0 bridgehead atoms. The van der Waals surface area contributed by atoms with Crippen molar-refractivity contribution in [3.63, 3.8) is 0 Å². The molecular weight excluding hydrogens is 470 g/mol. The van der Waals surface area contributed by atoms with E-state index in [-0.39, 0.29) is 24.1 Å². The first kappa shape index (κ1) is 20.2. The molecule has 3 heterocycles. The van der Waals surface area contributed by atoms with Gasteiger partial charge in [0.2, 0.25) is 0 Å². The second kappa shape index (κ2) is 7.47. The number of likely N-dealkylation sites (tertiary alicyclic amines) is 1. The molecule has 0 atom stereocenters. The van der Waals surface area contributed by atoms with Gasteiger partial charge in [-0.15, -0.1) is 0 Å². The number of aromatic nitrogens is 3. The van der Waals surface area contributed by atoms with Gasteiger partial charge in [0, 0.05) is 23.6 Å². The van der Waals surface area contributed by atoms with E-state index in [1.54, 1.807) is 6.07 Å². The van der Waals surface area contributed by atoms with Gasteiger partial charge in [-0.1, -0.05) is 39.6 Å². The fourth-order valence-corrected chi connectivity index (χ4v) is 4.46. The average molecular weight is 489 g/mol. The summed E-state index contributed by atoms with van der Waals surface area (Å²) in [6.45, 7) is -0.541. The highest BCUT2D eigenvalue weighted by atomic mass is 79.9. The van der Waals surface area contributed by atoms with E-state index in [1.165, 1.54) is 12.3 Å². The number of rotatable bonds is 4. The van der Waals surface area contributed by atoms with Crippen molar-refractivity contribution in [2.24, 2.45) is 0 Å². The van der Waals surface area contributed by atoms with Crippen molar-refractivity contribution < 1.29 is 18.1 Å². The molecule has 1 aliphatic heterocycles. The van der Waals surface area contributed by atoms with Crippen molar-refractivity contribution in [1.82, 2.24) is 20.0 Å². The normalized spacial score (nSPS) is 19.3. The summed E-state index contributed by atoms with van der Waals surface area (Å²) >= 11 is 3.47. The van der Waals surface area contributed by atoms with Gasteiger partial charge in [-0.25, -0.2) is 8.78 Å². The van der Waals surface area contributed by atoms with E-state index in [0.717, 1.165) is 34.2 Å². The first-order valence-corrected chi connectivity index (χ1v) is 10.9. The second-order valence-corrected chi connectivity index (χ2v) is 9.05. The molecule has 0 spiro atoms. The molecule has 1 saturated carbocycles. The minimum Gasteiger partial charge on any atom is -0.334 e. The van der Waals surface area contributed by atoms with Crippen molar-refractivity contribution in [3.8, 4) is 11.5 Å². The first-order valence-electron chi connectivity index (χ1n) is 10.1. The highest BCUT2D eigenvalue weighted by Crippen LogP contribution is 2.48. The molecule has 3 aromatic rings. The van der Waals surface area contributed by atoms with Gasteiger partial charge in [-0.3, -0.25) is 9.78 Å². The molecule has 2 aliphatic rings. The van der Waals surface area contributed by atoms with Crippen LogP contribution in [-0.2, 0) is 5.41 Å². The molecule has 160 valence electrons. The molecule has 0 N–H and O–H groups in total. The molecule has 1 aromatic carbocycles. The number of pyridine rings is 1.